The van der Waals surface area contributed by atoms with Crippen molar-refractivity contribution >= 4 is 62.9 Å². The summed E-state index contributed by atoms with van der Waals surface area (Å²) in [6.45, 7) is 14.6. The number of piperidine rings is 4. The maximum absolute atomic E-state index is 12.9. The van der Waals surface area contributed by atoms with Gasteiger partial charge in [-0.2, -0.15) is 0 Å². The van der Waals surface area contributed by atoms with Crippen molar-refractivity contribution in [1.29, 1.82) is 0 Å². The van der Waals surface area contributed by atoms with Gasteiger partial charge in [0.05, 0.1) is 68.7 Å². The molecule has 0 radical (unpaired) electrons. The van der Waals surface area contributed by atoms with Gasteiger partial charge in [-0.15, -0.1) is 9.24 Å². The van der Waals surface area contributed by atoms with Gasteiger partial charge in [-0.05, 0) is 211 Å². The molecule has 16 aliphatic rings. The molecule has 1 amide bonds. The number of ether oxygens (including phenoxy) is 11. The molecule has 8 aliphatic carbocycles. The predicted molar refractivity (Wildman–Crippen MR) is 458 cm³/mol. The van der Waals surface area contributed by atoms with Crippen molar-refractivity contribution < 1.29 is 146 Å². The number of aliphatic hydroxyl groups excluding tert-OH is 1. The van der Waals surface area contributed by atoms with E-state index in [1.165, 1.54) is 34.6 Å². The average Bonchev–Trinajstić information content (AvgIpc) is 1.48. The molecule has 23 atom stereocenters. The van der Waals surface area contributed by atoms with Gasteiger partial charge < -0.3 is 128 Å². The Morgan fingerprint density at radius 1 is 0.431 bits per heavy atom. The quantitative estimate of drug-likeness (QED) is 0.0375. The van der Waals surface area contributed by atoms with Crippen LogP contribution in [0, 0.1) is 5.92 Å². The van der Waals surface area contributed by atoms with Crippen molar-refractivity contribution in [2.24, 2.45) is 5.92 Å². The lowest BCUT2D eigenvalue weighted by atomic mass is 9.50. The fourth-order valence-electron chi connectivity index (χ4n) is 24.4. The maximum Gasteiger partial charge on any atom is 0.352 e. The zero-order valence-corrected chi connectivity index (χ0v) is 75.5. The molecule has 8 bridgehead atoms. The first-order valence-electron chi connectivity index (χ1n) is 44.3. The summed E-state index contributed by atoms with van der Waals surface area (Å²) in [6, 6.07) is 12.0. The first kappa shape index (κ1) is 91.4. The summed E-state index contributed by atoms with van der Waals surface area (Å²) < 4.78 is 62.5. The van der Waals surface area contributed by atoms with Crippen LogP contribution in [0.5, 0.6) is 46.0 Å². The highest BCUT2D eigenvalue weighted by Gasteiger charge is 2.77. The van der Waals surface area contributed by atoms with E-state index in [-0.39, 0.29) is 102 Å². The summed E-state index contributed by atoms with van der Waals surface area (Å²) in [5, 5.41) is 111. The summed E-state index contributed by atoms with van der Waals surface area (Å²) in [4.78, 5) is 118. The second-order valence-corrected chi connectivity index (χ2v) is 39.2. The highest BCUT2D eigenvalue weighted by molar-refractivity contribution is 7.19. The number of amides is 1. The minimum atomic E-state index is -1.43. The van der Waals surface area contributed by atoms with Crippen molar-refractivity contribution in [1.82, 2.24) is 24.9 Å². The van der Waals surface area contributed by atoms with Gasteiger partial charge in [0.2, 0.25) is 5.91 Å². The molecular weight excluding hydrogens is 1710 g/mol. The molecule has 698 valence electrons. The number of likely N-dealkylation sites (tertiary alicyclic amines) is 4. The Morgan fingerprint density at radius 3 is 1.02 bits per heavy atom. The minimum absolute atomic E-state index is 0.0108. The van der Waals surface area contributed by atoms with Crippen LogP contribution in [0.3, 0.4) is 0 Å². The van der Waals surface area contributed by atoms with E-state index in [1.54, 1.807) is 69.3 Å². The molecular formula is C94H112N5O30P. The number of phenols is 4. The fraction of sp³-hybridized carbons (Fsp3) is 0.564. The molecule has 0 aromatic heterocycles. The maximum atomic E-state index is 12.9. The molecule has 9 unspecified atom stereocenters. The van der Waals surface area contributed by atoms with Crippen LogP contribution in [0.2, 0.25) is 0 Å². The lowest BCUT2D eigenvalue weighted by Crippen LogP contribution is -2.74. The van der Waals surface area contributed by atoms with Crippen LogP contribution in [0.15, 0.2) is 95.9 Å². The number of nitrogens with zero attached hydrogens (tertiary/aromatic N) is 4. The fourth-order valence-corrected chi connectivity index (χ4v) is 24.5. The highest BCUT2D eigenvalue weighted by atomic mass is 31.0. The third kappa shape index (κ3) is 13.7. The van der Waals surface area contributed by atoms with E-state index in [9.17, 15) is 94.2 Å². The Labute approximate surface area is 751 Å². The molecule has 4 spiro atoms. The summed E-state index contributed by atoms with van der Waals surface area (Å²) in [5.41, 5.74) is -0.908. The minimum Gasteiger partial charge on any atom is -0.504 e. The Kier molecular flexibility index (Phi) is 23.1. The Bertz CT molecular complexity index is 5550. The molecule has 130 heavy (non-hydrogen) atoms. The van der Waals surface area contributed by atoms with E-state index in [0.717, 1.165) is 57.6 Å². The third-order valence-corrected chi connectivity index (χ3v) is 30.9. The summed E-state index contributed by atoms with van der Waals surface area (Å²) >= 11 is 0. The molecule has 35 nitrogen and oxygen atoms in total. The second-order valence-electron chi connectivity index (χ2n) is 38.2. The molecule has 8 heterocycles. The predicted octanol–water partition coefficient (Wildman–Crippen LogP) is 4.32. The van der Waals surface area contributed by atoms with E-state index < -0.39 is 159 Å². The van der Waals surface area contributed by atoms with Crippen molar-refractivity contribution in [3.05, 3.63) is 140 Å². The van der Waals surface area contributed by atoms with E-state index in [4.69, 9.17) is 52.1 Å². The zero-order valence-electron chi connectivity index (χ0n) is 74.3. The molecule has 20 rings (SSSR count). The first-order valence-corrected chi connectivity index (χ1v) is 45.0. The van der Waals surface area contributed by atoms with Gasteiger partial charge in [-0.1, -0.05) is 38.1 Å². The van der Waals surface area contributed by atoms with E-state index >= 15 is 0 Å². The second kappa shape index (κ2) is 32.8. The number of carboxylic acid groups (broad SMARTS) is 1. The highest BCUT2D eigenvalue weighted by Crippen LogP contribution is 2.71. The zero-order chi connectivity index (χ0) is 93.4. The molecule has 36 heteroatoms. The number of carbonyl (C=O) groups excluding carboxylic acids is 8. The monoisotopic (exact) mass is 1820 g/mol. The number of hydrogen-bond acceptors (Lipinski definition) is 33. The standard InChI is InChI=1S/C25H30N2O8.C25H29NO9.C24H29NO8.C20H24NO5P/c1-12(2)22(30)26-14(23(31)32)11-18(29)34-16-6-7-25(33)17-10-13-4-5-15(28)20-19(13)24(25,21(16)35-20)8-9-27(17)3;1-12(32-14(3)27)22(29)33-13(2)23(30)34-17-7-8-25(31)18-11-15-5-6-16(28)20-19(15)24(25,21(17)35-20)9-10-26(18)4;1-12(26)10-18(28)31-13(2)22(29)32-16-6-7-24(30)17-11-14-4-5-15(27)20-19(14)23(24,21(16)33-20)8-9-25(17)3;1-10(27)18(23)25-13-5-6-20(24)14-9-11-3-4-12(22)16-15(11)19(20,17(13)26-16)7-8-21(14)2/h4-6,12,14,17,21,28,33H,7-11H2,1-3H3,(H,26,30)(H,31,32);5-7,12-13,18,21,28,31H,8-11H2,1-4H3;4-6,12-13,17,21,26-27,30H,7-11H2,1-3H3;3-5,10,14,17,22,24H,6-9,27H2,1-2H3/t14-,17+,21?,24?,25+;12-,13-,18+,21?,24?,25+;12-,13+,17-,21?,23?,24-;10-,14-,17?,19?,20-/m0011/s1. The summed E-state index contributed by atoms with van der Waals surface area (Å²) in [7, 11) is 10.4. The molecule has 4 fully saturated rings. The number of phenolic OH excluding ortho intramolecular Hbond substituents is 4. The summed E-state index contributed by atoms with van der Waals surface area (Å²) in [6.07, 6.45) is 4.35. The number of hydrogen-bond donors (Lipinski definition) is 11. The van der Waals surface area contributed by atoms with Crippen molar-refractivity contribution in [2.75, 3.05) is 54.4 Å². The smallest absolute Gasteiger partial charge is 0.352 e. The largest absolute Gasteiger partial charge is 0.504 e. The van der Waals surface area contributed by atoms with Crippen LogP contribution < -0.4 is 24.3 Å². The number of nitrogens with one attached hydrogen (secondary N) is 1. The molecule has 11 N–H and O–H groups in total. The average molecular weight is 1820 g/mol. The SMILES string of the molecule is CC(=O)O[C@@H](C)C(=O)O[C@@H](C)C(=O)OC1=CC[C@@]2(O)[C@H]3Cc4ccc(O)c5c4C2(CCN3C)C1O5.CC(C)C(=O)N[C@@H](CC(=O)OC1=CC[C@@]2(O)[C@H]3Cc4ccc(O)c5c4C2(CCN3C)C1O5)C(=O)O.C[C@@H](P)C(=O)OC1=CC[C@@]2(O)[C@H]3Cc4ccc(O)c5c4C2(CCN3C)C1O5.C[C@H](OC(=O)C[C@@H](C)O)C(=O)OC1=CC[C@@]2(O)[C@H]3Cc4ccc(O)c5c4C2(CCN3C)C1O5. The number of carboxylic acids is 1. The number of likely N-dealkylation sites (N-methyl/N-ethyl adjacent to an activating group) is 4. The van der Waals surface area contributed by atoms with Gasteiger partial charge in [-0.3, -0.25) is 24.0 Å². The topological polar surface area (TPSA) is 482 Å². The van der Waals surface area contributed by atoms with Gasteiger partial charge in [0.15, 0.2) is 88.7 Å². The number of benzene rings is 4. The van der Waals surface area contributed by atoms with Gasteiger partial charge in [-0.25, -0.2) is 19.2 Å². The molecule has 8 aliphatic heterocycles. The Morgan fingerprint density at radius 2 is 0.731 bits per heavy atom. The van der Waals surface area contributed by atoms with E-state index in [2.05, 4.69) is 34.2 Å². The Hall–Kier alpha value is -10.5. The van der Waals surface area contributed by atoms with Crippen LogP contribution in [-0.2, 0) is 124 Å². The van der Waals surface area contributed by atoms with Crippen molar-refractivity contribution in [3.8, 4) is 46.0 Å². The first-order chi connectivity index (χ1) is 61.4. The van der Waals surface area contributed by atoms with Crippen molar-refractivity contribution in [2.45, 2.75) is 274 Å². The number of aliphatic carboxylic acids is 1. The number of rotatable bonds is 18. The Balaban J connectivity index is 0.000000122. The normalized spacial score (nSPS) is 33.1. The van der Waals surface area contributed by atoms with Crippen LogP contribution in [0.4, 0.5) is 0 Å². The van der Waals surface area contributed by atoms with E-state index in [1.807, 2.05) is 52.5 Å². The lowest BCUT2D eigenvalue weighted by molar-refractivity contribution is -0.179. The van der Waals surface area contributed by atoms with Gasteiger partial charge in [0.1, 0.15) is 29.1 Å². The van der Waals surface area contributed by atoms with Gasteiger partial charge >= 0.3 is 47.8 Å². The van der Waals surface area contributed by atoms with E-state index in [0.29, 0.717) is 99.6 Å². The third-order valence-electron chi connectivity index (χ3n) is 30.6. The lowest BCUT2D eigenvalue weighted by Gasteiger charge is -2.61. The summed E-state index contributed by atoms with van der Waals surface area (Å²) in [5.74, 6) is -4.82. The molecule has 0 saturated carbocycles. The molecule has 4 aromatic rings. The van der Waals surface area contributed by atoms with Crippen LogP contribution in [0.25, 0.3) is 0 Å². The van der Waals surface area contributed by atoms with Crippen LogP contribution >= 0.6 is 9.24 Å². The molecule has 4 aromatic carbocycles. The number of carbonyl (C=O) groups is 9. The molecule has 4 saturated heterocycles. The van der Waals surface area contributed by atoms with Crippen LogP contribution in [-0.4, -0.2) is 286 Å². The van der Waals surface area contributed by atoms with Gasteiger partial charge in [0.25, 0.3) is 0 Å². The van der Waals surface area contributed by atoms with Crippen LogP contribution in [0.1, 0.15) is 164 Å². The number of aliphatic hydroxyl groups is 5. The number of esters is 7. The van der Waals surface area contributed by atoms with Crippen molar-refractivity contribution in [3.63, 3.8) is 0 Å². The van der Waals surface area contributed by atoms with Gasteiger partial charge in [0, 0.05) is 84.9 Å². The number of aromatic hydroxyl groups is 4.